The lowest BCUT2D eigenvalue weighted by molar-refractivity contribution is -0.145. The molecule has 2 N–H and O–H groups in total. The lowest BCUT2D eigenvalue weighted by Gasteiger charge is -2.24. The number of hydrogen-bond donors (Lipinski definition) is 2. The van der Waals surface area contributed by atoms with E-state index in [9.17, 15) is 14.2 Å². The summed E-state index contributed by atoms with van der Waals surface area (Å²) < 4.78 is 49.4. The molecule has 1 aliphatic carbocycles. The van der Waals surface area contributed by atoms with Gasteiger partial charge >= 0.3 is 19.7 Å². The highest BCUT2D eigenvalue weighted by molar-refractivity contribution is 7.52. The predicted molar refractivity (Wildman–Crippen MR) is 157 cm³/mol. The molecule has 44 heavy (non-hydrogen) atoms. The molecule has 4 atom stereocenters. The number of ether oxygens (including phenoxy) is 4. The van der Waals surface area contributed by atoms with Gasteiger partial charge in [-0.1, -0.05) is 18.2 Å². The van der Waals surface area contributed by atoms with Crippen molar-refractivity contribution in [3.05, 3.63) is 42.5 Å². The summed E-state index contributed by atoms with van der Waals surface area (Å²) in [5.41, 5.74) is 1.81. The zero-order valence-electron chi connectivity index (χ0n) is 24.8. The molecule has 3 heterocycles. The van der Waals surface area contributed by atoms with E-state index in [0.29, 0.717) is 28.6 Å². The predicted octanol–water partition coefficient (Wildman–Crippen LogP) is 3.51. The Labute approximate surface area is 254 Å². The largest absolute Gasteiger partial charge is 0.466 e. The van der Waals surface area contributed by atoms with Crippen molar-refractivity contribution in [3.8, 4) is 5.75 Å². The maximum absolute atomic E-state index is 14.1. The van der Waals surface area contributed by atoms with Gasteiger partial charge in [0.2, 0.25) is 0 Å². The minimum absolute atomic E-state index is 0.100. The number of nitrogens with one attached hydrogen (secondary N) is 2. The summed E-state index contributed by atoms with van der Waals surface area (Å²) in [6, 6.07) is 6.18. The topological polar surface area (TPSA) is 174 Å². The number of hydrogen-bond acceptors (Lipinski definition) is 13. The third-order valence-electron chi connectivity index (χ3n) is 6.79. The van der Waals surface area contributed by atoms with Crippen LogP contribution in [0, 0.1) is 0 Å². The van der Waals surface area contributed by atoms with E-state index in [4.69, 9.17) is 28.0 Å². The van der Waals surface area contributed by atoms with Gasteiger partial charge in [-0.25, -0.2) is 19.5 Å². The van der Waals surface area contributed by atoms with Crippen molar-refractivity contribution >= 4 is 36.7 Å². The average molecular weight is 633 g/mol. The smallest absolute Gasteiger partial charge is 0.459 e. The van der Waals surface area contributed by atoms with Gasteiger partial charge in [0.25, 0.3) is 0 Å². The molecule has 2 aliphatic rings. The molecule has 1 saturated heterocycles. The lowest BCUT2D eigenvalue weighted by Crippen LogP contribution is -2.35. The number of anilines is 1. The number of aryl methyl sites for hydroxylation is 1. The number of imidazole rings is 1. The van der Waals surface area contributed by atoms with Crippen LogP contribution in [0.2, 0.25) is 0 Å². The maximum atomic E-state index is 14.1. The van der Waals surface area contributed by atoms with Crippen molar-refractivity contribution in [3.63, 3.8) is 0 Å². The van der Waals surface area contributed by atoms with Gasteiger partial charge in [-0.3, -0.25) is 18.7 Å². The summed E-state index contributed by atoms with van der Waals surface area (Å²) in [5, 5.41) is 6.00. The Hall–Kier alpha value is -3.62. The van der Waals surface area contributed by atoms with E-state index >= 15 is 0 Å². The highest BCUT2D eigenvalue weighted by atomic mass is 31.2. The minimum atomic E-state index is -4.22. The van der Waals surface area contributed by atoms with E-state index in [-0.39, 0.29) is 51.0 Å². The second kappa shape index (κ2) is 14.4. The average Bonchev–Trinajstić information content (AvgIpc) is 3.51. The standard InChI is InChI=1S/C28H37N6O9P/c1-4-38-23(35)13-10-19-8-6-7-9-21(19)43-44(37,33-18(3)28(36)39-5-2)41-15-24-40-14-22(42-24)34-17-31-25-26(32-20-11-12-20)29-16-30-27(25)34/h6-9,16-18,20,22,24H,4-5,10-15H2,1-3H3,(H,33,37)(H,29,30,32)/t18-,22+,24+,44?/m0/s1. The molecule has 16 heteroatoms. The van der Waals surface area contributed by atoms with Gasteiger partial charge in [-0.05, 0) is 51.7 Å². The highest BCUT2D eigenvalue weighted by Gasteiger charge is 2.37. The lowest BCUT2D eigenvalue weighted by atomic mass is 10.1. The number of fused-ring (bicyclic) bond motifs is 1. The number of rotatable bonds is 16. The van der Waals surface area contributed by atoms with Crippen molar-refractivity contribution in [1.82, 2.24) is 24.6 Å². The molecule has 0 spiro atoms. The molecule has 238 valence electrons. The molecule has 0 amide bonds. The fraction of sp³-hybridized carbons (Fsp3) is 0.536. The molecule has 5 rings (SSSR count). The SMILES string of the molecule is CCOC(=O)CCc1ccccc1OP(=O)(N[C@@H](C)C(=O)OCC)OC[C@@H]1OC[C@H](n2cnc3c(NC4CC4)ncnc32)O1. The fourth-order valence-electron chi connectivity index (χ4n) is 4.47. The number of benzene rings is 1. The second-order valence-corrected chi connectivity index (χ2v) is 11.9. The van der Waals surface area contributed by atoms with Gasteiger partial charge in [0.05, 0.1) is 26.1 Å². The zero-order chi connectivity index (χ0) is 31.1. The van der Waals surface area contributed by atoms with Crippen molar-refractivity contribution < 1.29 is 42.1 Å². The Morgan fingerprint density at radius 2 is 1.93 bits per heavy atom. The molecular weight excluding hydrogens is 595 g/mol. The summed E-state index contributed by atoms with van der Waals surface area (Å²) >= 11 is 0. The van der Waals surface area contributed by atoms with Gasteiger partial charge < -0.3 is 28.8 Å². The second-order valence-electron chi connectivity index (χ2n) is 10.2. The molecule has 2 fully saturated rings. The Kier molecular flexibility index (Phi) is 10.4. The van der Waals surface area contributed by atoms with E-state index in [2.05, 4.69) is 25.4 Å². The molecule has 15 nitrogen and oxygen atoms in total. The van der Waals surface area contributed by atoms with Crippen LogP contribution in [0.4, 0.5) is 5.82 Å². The minimum Gasteiger partial charge on any atom is -0.466 e. The van der Waals surface area contributed by atoms with E-state index in [1.54, 1.807) is 49.0 Å². The molecule has 1 saturated carbocycles. The Balaban J connectivity index is 1.27. The van der Waals surface area contributed by atoms with Crippen molar-refractivity contribution in [2.75, 3.05) is 31.7 Å². The Morgan fingerprint density at radius 1 is 1.14 bits per heavy atom. The third-order valence-corrected chi connectivity index (χ3v) is 8.42. The van der Waals surface area contributed by atoms with Crippen LogP contribution < -0.4 is 14.9 Å². The van der Waals surface area contributed by atoms with E-state index in [0.717, 1.165) is 12.8 Å². The number of esters is 2. The van der Waals surface area contributed by atoms with Gasteiger partial charge in [0.1, 0.15) is 24.7 Å². The number of aromatic nitrogens is 4. The maximum Gasteiger partial charge on any atom is 0.459 e. The van der Waals surface area contributed by atoms with Crippen LogP contribution in [0.5, 0.6) is 5.75 Å². The monoisotopic (exact) mass is 632 g/mol. The van der Waals surface area contributed by atoms with Gasteiger partial charge in [0.15, 0.2) is 29.5 Å². The molecule has 3 aromatic rings. The fourth-order valence-corrected chi connectivity index (χ4v) is 5.99. The van der Waals surface area contributed by atoms with E-state index in [1.165, 1.54) is 13.3 Å². The summed E-state index contributed by atoms with van der Waals surface area (Å²) in [6.45, 7) is 5.16. The number of carbonyl (C=O) groups is 2. The first kappa shape index (κ1) is 31.8. The number of para-hydroxylation sites is 1. The summed E-state index contributed by atoms with van der Waals surface area (Å²) in [5.74, 6) is -0.116. The van der Waals surface area contributed by atoms with Crippen LogP contribution in [0.15, 0.2) is 36.9 Å². The quantitative estimate of drug-likeness (QED) is 0.173. The molecule has 2 aromatic heterocycles. The summed E-state index contributed by atoms with van der Waals surface area (Å²) in [4.78, 5) is 37.5. The number of nitrogens with zero attached hydrogens (tertiary/aromatic N) is 4. The van der Waals surface area contributed by atoms with Crippen molar-refractivity contribution in [1.29, 1.82) is 0 Å². The van der Waals surface area contributed by atoms with Gasteiger partial charge in [0, 0.05) is 12.5 Å². The number of carbonyl (C=O) groups excluding carboxylic acids is 2. The normalized spacial score (nSPS) is 20.2. The zero-order valence-corrected chi connectivity index (χ0v) is 25.7. The van der Waals surface area contributed by atoms with Crippen LogP contribution in [0.25, 0.3) is 11.2 Å². The van der Waals surface area contributed by atoms with E-state index < -0.39 is 32.3 Å². The third kappa shape index (κ3) is 8.10. The molecule has 0 radical (unpaired) electrons. The molecule has 1 unspecified atom stereocenters. The first-order valence-electron chi connectivity index (χ1n) is 14.6. The van der Waals surface area contributed by atoms with Crippen LogP contribution in [-0.4, -0.2) is 76.3 Å². The summed E-state index contributed by atoms with van der Waals surface area (Å²) in [7, 11) is -4.22. The van der Waals surface area contributed by atoms with Gasteiger partial charge in [-0.15, -0.1) is 0 Å². The molecule has 0 bridgehead atoms. The molecule has 1 aromatic carbocycles. The first-order chi connectivity index (χ1) is 21.3. The first-order valence-corrected chi connectivity index (χ1v) is 16.2. The van der Waals surface area contributed by atoms with Crippen LogP contribution >= 0.6 is 7.75 Å². The summed E-state index contributed by atoms with van der Waals surface area (Å²) in [6.07, 6.45) is 4.14. The van der Waals surface area contributed by atoms with Crippen LogP contribution in [0.1, 0.15) is 51.8 Å². The van der Waals surface area contributed by atoms with Crippen LogP contribution in [-0.2, 0) is 44.0 Å². The van der Waals surface area contributed by atoms with Crippen molar-refractivity contribution in [2.24, 2.45) is 0 Å². The Bertz CT molecular complexity index is 1500. The van der Waals surface area contributed by atoms with Crippen LogP contribution in [0.3, 0.4) is 0 Å². The van der Waals surface area contributed by atoms with E-state index in [1.807, 2.05) is 0 Å². The molecule has 1 aliphatic heterocycles. The van der Waals surface area contributed by atoms with Crippen molar-refractivity contribution in [2.45, 2.75) is 71.1 Å². The molecular formula is C28H37N6O9P. The van der Waals surface area contributed by atoms with Gasteiger partial charge in [-0.2, -0.15) is 5.09 Å². The highest BCUT2D eigenvalue weighted by Crippen LogP contribution is 2.46. The Morgan fingerprint density at radius 3 is 2.70 bits per heavy atom.